The minimum atomic E-state index is -0.521. The molecule has 6 nitrogen and oxygen atoms in total. The Bertz CT molecular complexity index is 771. The van der Waals surface area contributed by atoms with E-state index in [0.717, 1.165) is 4.90 Å². The van der Waals surface area contributed by atoms with E-state index in [0.29, 0.717) is 23.2 Å². The summed E-state index contributed by atoms with van der Waals surface area (Å²) in [4.78, 5) is 29.1. The highest BCUT2D eigenvalue weighted by molar-refractivity contribution is 6.21. The lowest BCUT2D eigenvalue weighted by Crippen LogP contribution is -2.30. The van der Waals surface area contributed by atoms with Crippen molar-refractivity contribution in [2.75, 3.05) is 4.90 Å². The van der Waals surface area contributed by atoms with Gasteiger partial charge in [0, 0.05) is 6.07 Å². The quantitative estimate of drug-likeness (QED) is 0.874. The zero-order chi connectivity index (χ0) is 17.3. The molecule has 2 heterocycles. The molecule has 1 aromatic carbocycles. The van der Waals surface area contributed by atoms with Gasteiger partial charge in [0.05, 0.1) is 11.9 Å². The summed E-state index contributed by atoms with van der Waals surface area (Å²) in [5.74, 6) is 1.22. The highest BCUT2D eigenvalue weighted by atomic mass is 16.5. The van der Waals surface area contributed by atoms with E-state index in [2.05, 4.69) is 24.1 Å². The largest absolute Gasteiger partial charge is 0.439 e. The van der Waals surface area contributed by atoms with Crippen molar-refractivity contribution in [3.8, 4) is 11.6 Å². The number of aromatic nitrogens is 1. The van der Waals surface area contributed by atoms with Crippen molar-refractivity contribution < 1.29 is 14.3 Å². The van der Waals surface area contributed by atoms with Gasteiger partial charge >= 0.3 is 6.03 Å². The van der Waals surface area contributed by atoms with Crippen molar-refractivity contribution in [3.05, 3.63) is 48.2 Å². The Morgan fingerprint density at radius 1 is 1.21 bits per heavy atom. The van der Waals surface area contributed by atoms with E-state index in [1.807, 2.05) is 24.3 Å². The standard InChI is InChI=1S/C18H19N3O3/c1-11(2)13-5-4-6-15(9-13)24-16-8-7-14(10-19-16)21-17(22)12(3)20-18(21)23/h4-12H,1-3H3,(H,20,23)/t12-/m1/s1. The lowest BCUT2D eigenvalue weighted by Gasteiger charge is -2.13. The van der Waals surface area contributed by atoms with Crippen molar-refractivity contribution in [3.63, 3.8) is 0 Å². The number of hydrogen-bond donors (Lipinski definition) is 1. The second-order valence-electron chi connectivity index (χ2n) is 6.03. The summed E-state index contributed by atoms with van der Waals surface area (Å²) >= 11 is 0. The van der Waals surface area contributed by atoms with E-state index in [1.165, 1.54) is 11.8 Å². The molecule has 3 amide bonds. The molecular formula is C18H19N3O3. The molecule has 2 aromatic rings. The Morgan fingerprint density at radius 2 is 2.00 bits per heavy atom. The van der Waals surface area contributed by atoms with Gasteiger partial charge in [0.1, 0.15) is 11.8 Å². The van der Waals surface area contributed by atoms with Crippen molar-refractivity contribution in [2.45, 2.75) is 32.7 Å². The number of imide groups is 1. The molecule has 1 saturated heterocycles. The van der Waals surface area contributed by atoms with Crippen LogP contribution in [0.4, 0.5) is 10.5 Å². The predicted molar refractivity (Wildman–Crippen MR) is 90.3 cm³/mol. The third-order valence-electron chi connectivity index (χ3n) is 3.86. The number of carbonyl (C=O) groups excluding carboxylic acids is 2. The van der Waals surface area contributed by atoms with Crippen LogP contribution in [0.5, 0.6) is 11.6 Å². The topological polar surface area (TPSA) is 71.5 Å². The van der Waals surface area contributed by atoms with Crippen molar-refractivity contribution in [2.24, 2.45) is 0 Å². The number of rotatable bonds is 4. The Hall–Kier alpha value is -2.89. The molecule has 0 unspecified atom stereocenters. The molecule has 1 aliphatic rings. The molecule has 1 aliphatic heterocycles. The van der Waals surface area contributed by atoms with E-state index < -0.39 is 12.1 Å². The summed E-state index contributed by atoms with van der Waals surface area (Å²) in [6.07, 6.45) is 1.46. The Labute approximate surface area is 140 Å². The summed E-state index contributed by atoms with van der Waals surface area (Å²) in [7, 11) is 0. The lowest BCUT2D eigenvalue weighted by molar-refractivity contribution is -0.117. The fourth-order valence-corrected chi connectivity index (χ4v) is 2.47. The van der Waals surface area contributed by atoms with Crippen molar-refractivity contribution in [1.82, 2.24) is 10.3 Å². The van der Waals surface area contributed by atoms with E-state index in [9.17, 15) is 9.59 Å². The first kappa shape index (κ1) is 16.0. The van der Waals surface area contributed by atoms with Gasteiger partial charge in [-0.05, 0) is 36.6 Å². The van der Waals surface area contributed by atoms with Gasteiger partial charge in [-0.1, -0.05) is 26.0 Å². The molecule has 6 heteroatoms. The molecule has 1 N–H and O–H groups in total. The van der Waals surface area contributed by atoms with Gasteiger partial charge in [-0.25, -0.2) is 14.7 Å². The highest BCUT2D eigenvalue weighted by Crippen LogP contribution is 2.26. The molecule has 1 aromatic heterocycles. The van der Waals surface area contributed by atoms with Gasteiger partial charge in [0.15, 0.2) is 0 Å². The minimum Gasteiger partial charge on any atom is -0.439 e. The number of hydrogen-bond acceptors (Lipinski definition) is 4. The fraction of sp³-hybridized carbons (Fsp3) is 0.278. The maximum absolute atomic E-state index is 12.0. The van der Waals surface area contributed by atoms with Crippen LogP contribution < -0.4 is 15.0 Å². The zero-order valence-electron chi connectivity index (χ0n) is 13.8. The van der Waals surface area contributed by atoms with Gasteiger partial charge in [0.25, 0.3) is 5.91 Å². The molecule has 24 heavy (non-hydrogen) atoms. The number of carbonyl (C=O) groups is 2. The summed E-state index contributed by atoms with van der Waals surface area (Å²) in [6.45, 7) is 5.88. The molecular weight excluding hydrogens is 306 g/mol. The Kier molecular flexibility index (Phi) is 4.20. The van der Waals surface area contributed by atoms with Gasteiger partial charge in [-0.15, -0.1) is 0 Å². The predicted octanol–water partition coefficient (Wildman–Crippen LogP) is 3.44. The number of nitrogens with one attached hydrogen (secondary N) is 1. The third-order valence-corrected chi connectivity index (χ3v) is 3.86. The number of nitrogens with zero attached hydrogens (tertiary/aromatic N) is 2. The molecule has 0 spiro atoms. The average Bonchev–Trinajstić information content (AvgIpc) is 2.81. The van der Waals surface area contributed by atoms with E-state index >= 15 is 0 Å². The molecule has 1 atom stereocenters. The maximum atomic E-state index is 12.0. The monoisotopic (exact) mass is 325 g/mol. The summed E-state index contributed by atoms with van der Waals surface area (Å²) in [5.41, 5.74) is 1.60. The van der Waals surface area contributed by atoms with Gasteiger partial charge in [-0.2, -0.15) is 0 Å². The summed E-state index contributed by atoms with van der Waals surface area (Å²) in [6, 6.07) is 10.1. The normalized spacial score (nSPS) is 17.3. The van der Waals surface area contributed by atoms with E-state index in [1.54, 1.807) is 19.1 Å². The zero-order valence-corrected chi connectivity index (χ0v) is 13.8. The number of anilines is 1. The van der Waals surface area contributed by atoms with E-state index in [4.69, 9.17) is 4.74 Å². The van der Waals surface area contributed by atoms with Crippen LogP contribution in [-0.2, 0) is 4.79 Å². The average molecular weight is 325 g/mol. The number of amides is 3. The van der Waals surface area contributed by atoms with Gasteiger partial charge < -0.3 is 10.1 Å². The highest BCUT2D eigenvalue weighted by Gasteiger charge is 2.36. The summed E-state index contributed by atoms with van der Waals surface area (Å²) in [5, 5.41) is 2.56. The number of urea groups is 1. The Balaban J connectivity index is 1.77. The molecule has 0 radical (unpaired) electrons. The van der Waals surface area contributed by atoms with Crippen LogP contribution in [0.15, 0.2) is 42.6 Å². The van der Waals surface area contributed by atoms with Gasteiger partial charge in [0.2, 0.25) is 5.88 Å². The SMILES string of the molecule is CC(C)c1cccc(Oc2ccc(N3C(=O)N[C@H](C)C3=O)cn2)c1. The second-order valence-corrected chi connectivity index (χ2v) is 6.03. The molecule has 3 rings (SSSR count). The molecule has 1 fully saturated rings. The first-order valence-corrected chi connectivity index (χ1v) is 7.84. The maximum Gasteiger partial charge on any atom is 0.329 e. The first-order chi connectivity index (χ1) is 11.5. The fourth-order valence-electron chi connectivity index (χ4n) is 2.47. The van der Waals surface area contributed by atoms with Crippen LogP contribution in [0.2, 0.25) is 0 Å². The van der Waals surface area contributed by atoms with Crippen LogP contribution in [0.25, 0.3) is 0 Å². The lowest BCUT2D eigenvalue weighted by atomic mass is 10.0. The number of pyridine rings is 1. The molecule has 0 saturated carbocycles. The van der Waals surface area contributed by atoms with Crippen LogP contribution in [-0.4, -0.2) is 23.0 Å². The molecule has 0 bridgehead atoms. The van der Waals surface area contributed by atoms with Gasteiger partial charge in [-0.3, -0.25) is 4.79 Å². The second kappa shape index (κ2) is 6.31. The summed E-state index contributed by atoms with van der Waals surface area (Å²) < 4.78 is 5.75. The first-order valence-electron chi connectivity index (χ1n) is 7.84. The number of ether oxygens (including phenoxy) is 1. The van der Waals surface area contributed by atoms with Crippen LogP contribution in [0.1, 0.15) is 32.3 Å². The van der Waals surface area contributed by atoms with Crippen molar-refractivity contribution in [1.29, 1.82) is 0 Å². The molecule has 0 aliphatic carbocycles. The minimum absolute atomic E-state index is 0.292. The van der Waals surface area contributed by atoms with Crippen molar-refractivity contribution >= 4 is 17.6 Å². The Morgan fingerprint density at radius 3 is 2.58 bits per heavy atom. The van der Waals surface area contributed by atoms with Crippen LogP contribution in [0.3, 0.4) is 0 Å². The number of benzene rings is 1. The van der Waals surface area contributed by atoms with Crippen LogP contribution >= 0.6 is 0 Å². The smallest absolute Gasteiger partial charge is 0.329 e. The third kappa shape index (κ3) is 3.08. The molecule has 124 valence electrons. The van der Waals surface area contributed by atoms with E-state index in [-0.39, 0.29) is 5.91 Å². The van der Waals surface area contributed by atoms with Crippen LogP contribution in [0, 0.1) is 0 Å².